The minimum Gasteiger partial charge on any atom is -0.302 e. The second-order valence-electron chi connectivity index (χ2n) is 9.54. The van der Waals surface area contributed by atoms with Crippen molar-refractivity contribution in [3.05, 3.63) is 35.5 Å². The van der Waals surface area contributed by atoms with Crippen LogP contribution >= 0.6 is 0 Å². The first-order valence-electron chi connectivity index (χ1n) is 12.0. The molecular weight excluding hydrogens is 326 g/mol. The fourth-order valence-corrected chi connectivity index (χ4v) is 6.51. The molecule has 3 rings (SSSR count). The van der Waals surface area contributed by atoms with Gasteiger partial charge in [0.1, 0.15) is 0 Å². The van der Waals surface area contributed by atoms with E-state index in [2.05, 4.69) is 50.1 Å². The van der Waals surface area contributed by atoms with Gasteiger partial charge in [-0.3, -0.25) is 0 Å². The molecule has 0 aromatic heterocycles. The van der Waals surface area contributed by atoms with Gasteiger partial charge in [-0.25, -0.2) is 0 Å². The third kappa shape index (κ3) is 4.61. The predicted molar refractivity (Wildman–Crippen MR) is 119 cm³/mol. The molecule has 0 amide bonds. The molecule has 152 valence electrons. The van der Waals surface area contributed by atoms with Crippen molar-refractivity contribution in [2.45, 2.75) is 90.9 Å². The number of nitrogens with zero attached hydrogens (tertiary/aromatic N) is 1. The average molecular weight is 370 g/mol. The van der Waals surface area contributed by atoms with Crippen molar-refractivity contribution in [2.24, 2.45) is 17.3 Å². The maximum absolute atomic E-state index is 2.67. The lowest BCUT2D eigenvalue weighted by Crippen LogP contribution is -2.51. The summed E-state index contributed by atoms with van der Waals surface area (Å²) < 4.78 is 0. The Morgan fingerprint density at radius 3 is 2.59 bits per heavy atom. The van der Waals surface area contributed by atoms with Crippen LogP contribution in [0.1, 0.15) is 90.9 Å². The standard InChI is InChI=1S/C26H43N/c1-4-6-7-10-16-23(14-5-2)26(24-17-12-13-18-24)21-27(3)20-22-15-9-8-11-19-25(22)26/h8-9,11,19,23-24H,4-7,10,12-18,20-21H2,1-3H3. The Hall–Kier alpha value is -0.820. The van der Waals surface area contributed by atoms with Crippen molar-refractivity contribution >= 4 is 0 Å². The minimum absolute atomic E-state index is 0.406. The molecular formula is C26H43N. The van der Waals surface area contributed by atoms with Gasteiger partial charge < -0.3 is 4.90 Å². The van der Waals surface area contributed by atoms with Crippen molar-refractivity contribution in [1.82, 2.24) is 4.90 Å². The van der Waals surface area contributed by atoms with Crippen molar-refractivity contribution in [3.63, 3.8) is 0 Å². The van der Waals surface area contributed by atoms with Crippen molar-refractivity contribution in [1.29, 1.82) is 0 Å². The molecule has 1 fully saturated rings. The van der Waals surface area contributed by atoms with E-state index >= 15 is 0 Å². The fraction of sp³-hybridized carbons (Fsp3) is 0.769. The first kappa shape index (κ1) is 20.9. The molecule has 0 N–H and O–H groups in total. The molecule has 0 radical (unpaired) electrons. The topological polar surface area (TPSA) is 3.24 Å². The van der Waals surface area contributed by atoms with Crippen LogP contribution in [0, 0.1) is 17.3 Å². The van der Waals surface area contributed by atoms with Crippen LogP contribution in [0.2, 0.25) is 0 Å². The lowest BCUT2D eigenvalue weighted by Gasteiger charge is -2.52. The van der Waals surface area contributed by atoms with Crippen LogP contribution < -0.4 is 0 Å². The van der Waals surface area contributed by atoms with Gasteiger partial charge in [0.05, 0.1) is 0 Å². The van der Waals surface area contributed by atoms with Gasteiger partial charge in [0.25, 0.3) is 0 Å². The summed E-state index contributed by atoms with van der Waals surface area (Å²) in [4.78, 5) is 2.67. The Bertz CT molecular complexity index is 549. The van der Waals surface area contributed by atoms with E-state index in [0.29, 0.717) is 5.41 Å². The van der Waals surface area contributed by atoms with Crippen LogP contribution in [-0.4, -0.2) is 25.0 Å². The Labute approximate surface area is 169 Å². The lowest BCUT2D eigenvalue weighted by atomic mass is 9.56. The number of hydrogen-bond acceptors (Lipinski definition) is 1. The summed E-state index contributed by atoms with van der Waals surface area (Å²) in [6.45, 7) is 7.21. The zero-order chi connectivity index (χ0) is 19.1. The molecule has 0 saturated heterocycles. The van der Waals surface area contributed by atoms with Gasteiger partial charge in [0.15, 0.2) is 0 Å². The summed E-state index contributed by atoms with van der Waals surface area (Å²) in [6, 6.07) is 0. The van der Waals surface area contributed by atoms with Gasteiger partial charge in [-0.2, -0.15) is 0 Å². The minimum atomic E-state index is 0.406. The largest absolute Gasteiger partial charge is 0.302 e. The van der Waals surface area contributed by atoms with Crippen molar-refractivity contribution in [2.75, 3.05) is 20.1 Å². The van der Waals surface area contributed by atoms with E-state index in [1.54, 1.807) is 11.1 Å². The number of allylic oxidation sites excluding steroid dienone is 4. The monoisotopic (exact) mass is 369 g/mol. The van der Waals surface area contributed by atoms with Crippen LogP contribution in [-0.2, 0) is 0 Å². The molecule has 0 spiro atoms. The molecule has 3 aliphatic rings. The van der Waals surface area contributed by atoms with Gasteiger partial charge >= 0.3 is 0 Å². The first-order chi connectivity index (χ1) is 13.2. The van der Waals surface area contributed by atoms with E-state index in [1.165, 1.54) is 83.7 Å². The SMILES string of the molecule is CCCCCCC(CCC)C1(C2CCCC2)CN(C)CC2=C1C=CC=CC2. The van der Waals surface area contributed by atoms with Gasteiger partial charge in [0, 0.05) is 18.5 Å². The van der Waals surface area contributed by atoms with Crippen molar-refractivity contribution < 1.29 is 0 Å². The van der Waals surface area contributed by atoms with E-state index in [1.807, 2.05) is 0 Å². The van der Waals surface area contributed by atoms with Gasteiger partial charge in [-0.1, -0.05) is 83.1 Å². The normalized spacial score (nSPS) is 27.8. The highest BCUT2D eigenvalue weighted by Gasteiger charge is 2.50. The summed E-state index contributed by atoms with van der Waals surface area (Å²) >= 11 is 0. The summed E-state index contributed by atoms with van der Waals surface area (Å²) in [5.41, 5.74) is 3.89. The van der Waals surface area contributed by atoms with Crippen LogP contribution in [0.15, 0.2) is 35.5 Å². The third-order valence-electron chi connectivity index (χ3n) is 7.60. The van der Waals surface area contributed by atoms with Crippen molar-refractivity contribution in [3.8, 4) is 0 Å². The molecule has 0 aromatic rings. The predicted octanol–water partition coefficient (Wildman–Crippen LogP) is 7.31. The summed E-state index contributed by atoms with van der Waals surface area (Å²) in [7, 11) is 2.38. The number of likely N-dealkylation sites (N-methyl/N-ethyl adjacent to an activating group) is 1. The highest BCUT2D eigenvalue weighted by Crippen LogP contribution is 2.56. The van der Waals surface area contributed by atoms with E-state index in [-0.39, 0.29) is 0 Å². The summed E-state index contributed by atoms with van der Waals surface area (Å²) in [5, 5.41) is 0. The Morgan fingerprint density at radius 2 is 1.85 bits per heavy atom. The van der Waals surface area contributed by atoms with Gasteiger partial charge in [0.2, 0.25) is 0 Å². The number of rotatable bonds is 9. The zero-order valence-corrected chi connectivity index (χ0v) is 18.3. The van der Waals surface area contributed by atoms with E-state index in [0.717, 1.165) is 18.3 Å². The van der Waals surface area contributed by atoms with Crippen LogP contribution in [0.4, 0.5) is 0 Å². The molecule has 1 nitrogen and oxygen atoms in total. The molecule has 1 aliphatic heterocycles. The summed E-state index contributed by atoms with van der Waals surface area (Å²) in [6.07, 6.45) is 26.3. The zero-order valence-electron chi connectivity index (χ0n) is 18.3. The Morgan fingerprint density at radius 1 is 1.04 bits per heavy atom. The highest BCUT2D eigenvalue weighted by molar-refractivity contribution is 5.42. The second-order valence-corrected chi connectivity index (χ2v) is 9.54. The summed E-state index contributed by atoms with van der Waals surface area (Å²) in [5.74, 6) is 1.76. The number of unbranched alkanes of at least 4 members (excludes halogenated alkanes) is 3. The van der Waals surface area contributed by atoms with Crippen LogP contribution in [0.3, 0.4) is 0 Å². The molecule has 27 heavy (non-hydrogen) atoms. The second kappa shape index (κ2) is 10.1. The average Bonchev–Trinajstić information content (AvgIpc) is 3.10. The molecule has 0 bridgehead atoms. The van der Waals surface area contributed by atoms with Gasteiger partial charge in [-0.15, -0.1) is 0 Å². The molecule has 1 heterocycles. The van der Waals surface area contributed by atoms with E-state index < -0.39 is 0 Å². The van der Waals surface area contributed by atoms with Crippen LogP contribution in [0.5, 0.6) is 0 Å². The molecule has 1 saturated carbocycles. The fourth-order valence-electron chi connectivity index (χ4n) is 6.51. The third-order valence-corrected chi connectivity index (χ3v) is 7.60. The smallest absolute Gasteiger partial charge is 0.0199 e. The maximum Gasteiger partial charge on any atom is 0.0199 e. The van der Waals surface area contributed by atoms with Crippen LogP contribution in [0.25, 0.3) is 0 Å². The highest BCUT2D eigenvalue weighted by atomic mass is 15.1. The van der Waals surface area contributed by atoms with E-state index in [4.69, 9.17) is 0 Å². The molecule has 2 unspecified atom stereocenters. The molecule has 2 atom stereocenters. The molecule has 2 aliphatic carbocycles. The lowest BCUT2D eigenvalue weighted by molar-refractivity contribution is 0.0497. The maximum atomic E-state index is 2.67. The van der Waals surface area contributed by atoms with Gasteiger partial charge in [-0.05, 0) is 62.1 Å². The Kier molecular flexibility index (Phi) is 7.82. The Balaban J connectivity index is 1.98. The number of hydrogen-bond donors (Lipinski definition) is 0. The van der Waals surface area contributed by atoms with E-state index in [9.17, 15) is 0 Å². The first-order valence-corrected chi connectivity index (χ1v) is 12.0. The molecule has 1 heteroatoms. The quantitative estimate of drug-likeness (QED) is 0.385. The molecule has 0 aromatic carbocycles.